The van der Waals surface area contributed by atoms with Crippen LogP contribution in [0.2, 0.25) is 0 Å². The van der Waals surface area contributed by atoms with Gasteiger partial charge in [0.15, 0.2) is 0 Å². The lowest BCUT2D eigenvalue weighted by atomic mass is 9.98. The third kappa shape index (κ3) is 3.84. The maximum atomic E-state index is 12.6. The molecule has 0 saturated carbocycles. The lowest BCUT2D eigenvalue weighted by molar-refractivity contribution is -0.384. The molecular formula is C22H22N2O6. The third-order valence-corrected chi connectivity index (χ3v) is 4.87. The van der Waals surface area contributed by atoms with Crippen molar-refractivity contribution in [3.8, 4) is 11.5 Å². The van der Waals surface area contributed by atoms with Crippen LogP contribution >= 0.6 is 0 Å². The van der Waals surface area contributed by atoms with E-state index in [4.69, 9.17) is 13.9 Å². The first kappa shape index (κ1) is 20.9. The van der Waals surface area contributed by atoms with Crippen molar-refractivity contribution in [3.05, 3.63) is 63.4 Å². The van der Waals surface area contributed by atoms with Crippen LogP contribution < -0.4 is 14.8 Å². The average Bonchev–Trinajstić information content (AvgIpc) is 3.09. The summed E-state index contributed by atoms with van der Waals surface area (Å²) in [5.41, 5.74) is 4.27. The van der Waals surface area contributed by atoms with Crippen LogP contribution in [0.1, 0.15) is 23.6 Å². The topological polar surface area (TPSA) is 104 Å². The molecule has 3 rings (SSSR count). The summed E-state index contributed by atoms with van der Waals surface area (Å²) in [6, 6.07) is 5.93. The molecule has 0 bridgehead atoms. The van der Waals surface area contributed by atoms with Crippen LogP contribution in [-0.4, -0.2) is 25.1 Å². The highest BCUT2D eigenvalue weighted by Crippen LogP contribution is 2.37. The zero-order valence-electron chi connectivity index (χ0n) is 17.4. The Morgan fingerprint density at radius 1 is 1.20 bits per heavy atom. The molecule has 8 nitrogen and oxygen atoms in total. The van der Waals surface area contributed by atoms with Gasteiger partial charge in [0.25, 0.3) is 5.69 Å². The number of carbonyl (C=O) groups is 1. The lowest BCUT2D eigenvalue weighted by Gasteiger charge is -2.13. The second-order valence-electron chi connectivity index (χ2n) is 6.84. The summed E-state index contributed by atoms with van der Waals surface area (Å²) in [6.45, 7) is 5.67. The van der Waals surface area contributed by atoms with Crippen molar-refractivity contribution in [3.63, 3.8) is 0 Å². The van der Waals surface area contributed by atoms with Gasteiger partial charge < -0.3 is 19.2 Å². The lowest BCUT2D eigenvalue weighted by Crippen LogP contribution is -2.10. The molecule has 0 aliphatic carbocycles. The maximum Gasteiger partial charge on any atom is 0.273 e. The Labute approximate surface area is 173 Å². The van der Waals surface area contributed by atoms with Gasteiger partial charge in [-0.3, -0.25) is 14.9 Å². The molecule has 2 aromatic carbocycles. The number of nitrogens with one attached hydrogen (secondary N) is 1. The molecule has 156 valence electrons. The predicted octanol–water partition coefficient (Wildman–Crippen LogP) is 5.02. The van der Waals surface area contributed by atoms with Gasteiger partial charge >= 0.3 is 0 Å². The highest BCUT2D eigenvalue weighted by Gasteiger charge is 2.17. The molecule has 0 radical (unpaired) electrons. The van der Waals surface area contributed by atoms with Gasteiger partial charge in [0, 0.05) is 28.7 Å². The van der Waals surface area contributed by atoms with E-state index in [1.54, 1.807) is 13.4 Å². The number of carbonyl (C=O) groups excluding carboxylic acids is 1. The highest BCUT2D eigenvalue weighted by atomic mass is 16.6. The van der Waals surface area contributed by atoms with Crippen molar-refractivity contribution in [2.24, 2.45) is 0 Å². The van der Waals surface area contributed by atoms with E-state index < -0.39 is 10.8 Å². The van der Waals surface area contributed by atoms with E-state index in [-0.39, 0.29) is 11.4 Å². The SMILES string of the molecule is COc1cc([N+](=O)[O-])ccc1NC(=O)/C=C(\C)c1cc2c(C)coc2c(C)c1OC. The smallest absolute Gasteiger partial charge is 0.273 e. The number of nitro benzene ring substituents is 1. The van der Waals surface area contributed by atoms with Gasteiger partial charge in [-0.15, -0.1) is 0 Å². The van der Waals surface area contributed by atoms with Gasteiger partial charge in [-0.05, 0) is 44.0 Å². The van der Waals surface area contributed by atoms with E-state index in [9.17, 15) is 14.9 Å². The molecule has 1 aromatic heterocycles. The van der Waals surface area contributed by atoms with Crippen molar-refractivity contribution in [2.45, 2.75) is 20.8 Å². The number of benzene rings is 2. The van der Waals surface area contributed by atoms with Gasteiger partial charge in [-0.1, -0.05) is 0 Å². The number of fused-ring (bicyclic) bond motifs is 1. The van der Waals surface area contributed by atoms with Crippen molar-refractivity contribution < 1.29 is 23.6 Å². The van der Waals surface area contributed by atoms with Crippen LogP contribution in [0.3, 0.4) is 0 Å². The molecule has 0 saturated heterocycles. The molecule has 0 spiro atoms. The van der Waals surface area contributed by atoms with E-state index >= 15 is 0 Å². The summed E-state index contributed by atoms with van der Waals surface area (Å²) in [5.74, 6) is 0.433. The number of furan rings is 1. The first-order valence-corrected chi connectivity index (χ1v) is 9.14. The molecule has 0 aliphatic rings. The minimum atomic E-state index is -0.527. The van der Waals surface area contributed by atoms with Crippen LogP contribution in [0.5, 0.6) is 11.5 Å². The number of non-ortho nitro benzene ring substituents is 1. The van der Waals surface area contributed by atoms with Crippen LogP contribution in [0.4, 0.5) is 11.4 Å². The van der Waals surface area contributed by atoms with Crippen molar-refractivity contribution in [1.82, 2.24) is 0 Å². The van der Waals surface area contributed by atoms with E-state index in [1.807, 2.05) is 26.8 Å². The average molecular weight is 410 g/mol. The van der Waals surface area contributed by atoms with Gasteiger partial charge in [0.2, 0.25) is 5.91 Å². The Morgan fingerprint density at radius 2 is 1.93 bits per heavy atom. The monoisotopic (exact) mass is 410 g/mol. The number of nitrogens with zero attached hydrogens (tertiary/aromatic N) is 1. The van der Waals surface area contributed by atoms with Gasteiger partial charge in [0.05, 0.1) is 37.2 Å². The second kappa shape index (κ2) is 8.28. The minimum Gasteiger partial charge on any atom is -0.496 e. The Balaban J connectivity index is 1.95. The van der Waals surface area contributed by atoms with Crippen LogP contribution in [0, 0.1) is 24.0 Å². The van der Waals surface area contributed by atoms with E-state index in [2.05, 4.69) is 5.32 Å². The number of amides is 1. The first-order valence-electron chi connectivity index (χ1n) is 9.14. The number of nitro groups is 1. The Kier molecular flexibility index (Phi) is 5.77. The predicted molar refractivity (Wildman–Crippen MR) is 114 cm³/mol. The van der Waals surface area contributed by atoms with Crippen LogP contribution in [-0.2, 0) is 4.79 Å². The Hall–Kier alpha value is -3.81. The summed E-state index contributed by atoms with van der Waals surface area (Å²) in [4.78, 5) is 23.0. The number of anilines is 1. The van der Waals surface area contributed by atoms with Crippen LogP contribution in [0.15, 0.2) is 41.0 Å². The molecule has 1 heterocycles. The molecule has 0 unspecified atom stereocenters. The normalized spacial score (nSPS) is 11.4. The second-order valence-corrected chi connectivity index (χ2v) is 6.84. The molecule has 0 aliphatic heterocycles. The maximum absolute atomic E-state index is 12.6. The van der Waals surface area contributed by atoms with Crippen LogP contribution in [0.25, 0.3) is 16.5 Å². The molecule has 1 N–H and O–H groups in total. The van der Waals surface area contributed by atoms with Crippen molar-refractivity contribution >= 4 is 33.8 Å². The molecule has 30 heavy (non-hydrogen) atoms. The quantitative estimate of drug-likeness (QED) is 0.348. The number of aryl methyl sites for hydroxylation is 2. The summed E-state index contributed by atoms with van der Waals surface area (Å²) in [5, 5.41) is 14.6. The molecule has 0 atom stereocenters. The summed E-state index contributed by atoms with van der Waals surface area (Å²) >= 11 is 0. The number of ether oxygens (including phenoxy) is 2. The highest BCUT2D eigenvalue weighted by molar-refractivity contribution is 6.05. The van der Waals surface area contributed by atoms with E-state index in [1.165, 1.54) is 31.4 Å². The number of hydrogen-bond acceptors (Lipinski definition) is 6. The molecular weight excluding hydrogens is 388 g/mol. The molecule has 8 heteroatoms. The number of allylic oxidation sites excluding steroid dienone is 1. The minimum absolute atomic E-state index is 0.124. The summed E-state index contributed by atoms with van der Waals surface area (Å²) < 4.78 is 16.4. The van der Waals surface area contributed by atoms with Gasteiger partial charge in [0.1, 0.15) is 17.1 Å². The Bertz CT molecular complexity index is 1180. The summed E-state index contributed by atoms with van der Waals surface area (Å²) in [7, 11) is 2.95. The molecule has 1 amide bonds. The standard InChI is InChI=1S/C22H22N2O6/c1-12(16-10-17-13(2)11-30-22(17)14(3)21(16)29-5)8-20(25)23-18-7-6-15(24(26)27)9-19(18)28-4/h6-11H,1-5H3,(H,23,25)/b12-8+. The fraction of sp³-hybridized carbons (Fsp3) is 0.227. The fourth-order valence-corrected chi connectivity index (χ4v) is 3.33. The van der Waals surface area contributed by atoms with E-state index in [0.717, 1.165) is 27.7 Å². The number of rotatable bonds is 6. The zero-order chi connectivity index (χ0) is 22.0. The number of hydrogen-bond donors (Lipinski definition) is 1. The Morgan fingerprint density at radius 3 is 2.57 bits per heavy atom. The third-order valence-electron chi connectivity index (χ3n) is 4.87. The first-order chi connectivity index (χ1) is 14.3. The largest absolute Gasteiger partial charge is 0.496 e. The van der Waals surface area contributed by atoms with Crippen molar-refractivity contribution in [2.75, 3.05) is 19.5 Å². The zero-order valence-corrected chi connectivity index (χ0v) is 17.4. The fourth-order valence-electron chi connectivity index (χ4n) is 3.33. The van der Waals surface area contributed by atoms with Gasteiger partial charge in [-0.2, -0.15) is 0 Å². The molecule has 0 fully saturated rings. The molecule has 3 aromatic rings. The van der Waals surface area contributed by atoms with E-state index in [0.29, 0.717) is 17.0 Å². The van der Waals surface area contributed by atoms with Crippen molar-refractivity contribution in [1.29, 1.82) is 0 Å². The summed E-state index contributed by atoms with van der Waals surface area (Å²) in [6.07, 6.45) is 3.13. The van der Waals surface area contributed by atoms with Gasteiger partial charge in [-0.25, -0.2) is 0 Å². The number of methoxy groups -OCH3 is 2.